The Bertz CT molecular complexity index is 453. The van der Waals surface area contributed by atoms with Crippen molar-refractivity contribution in [2.24, 2.45) is 5.92 Å². The predicted octanol–water partition coefficient (Wildman–Crippen LogP) is 1.33. The Morgan fingerprint density at radius 3 is 3.00 bits per heavy atom. The number of anilines is 1. The first-order valence-corrected chi connectivity index (χ1v) is 6.45. The normalized spacial score (nSPS) is 23.0. The van der Waals surface area contributed by atoms with Gasteiger partial charge in [-0.3, -0.25) is 4.79 Å². The van der Waals surface area contributed by atoms with Crippen molar-refractivity contribution < 1.29 is 14.6 Å². The molecule has 2 rings (SSSR count). The van der Waals surface area contributed by atoms with Gasteiger partial charge in [0.15, 0.2) is 0 Å². The average molecular weight is 315 g/mol. The fourth-order valence-electron chi connectivity index (χ4n) is 1.93. The second-order valence-electron chi connectivity index (χ2n) is 4.19. The Morgan fingerprint density at radius 2 is 2.28 bits per heavy atom. The van der Waals surface area contributed by atoms with Crippen molar-refractivity contribution in [2.45, 2.75) is 6.04 Å². The quantitative estimate of drug-likeness (QED) is 0.736. The SMILES string of the molecule is CNC1COCC1C(=O)Nc1cc(Br)ccc1O. The van der Waals surface area contributed by atoms with Gasteiger partial charge in [0, 0.05) is 10.5 Å². The monoisotopic (exact) mass is 314 g/mol. The van der Waals surface area contributed by atoms with Crippen molar-refractivity contribution in [3.05, 3.63) is 22.7 Å². The van der Waals surface area contributed by atoms with Gasteiger partial charge in [-0.15, -0.1) is 0 Å². The average Bonchev–Trinajstić information content (AvgIpc) is 2.82. The van der Waals surface area contributed by atoms with E-state index in [4.69, 9.17) is 4.74 Å². The zero-order chi connectivity index (χ0) is 13.1. The summed E-state index contributed by atoms with van der Waals surface area (Å²) < 4.78 is 6.07. The zero-order valence-corrected chi connectivity index (χ0v) is 11.5. The van der Waals surface area contributed by atoms with Crippen LogP contribution in [0.15, 0.2) is 22.7 Å². The number of hydrogen-bond acceptors (Lipinski definition) is 4. The molecule has 1 aliphatic heterocycles. The molecule has 1 saturated heterocycles. The van der Waals surface area contributed by atoms with Crippen molar-refractivity contribution in [1.29, 1.82) is 0 Å². The molecule has 0 aromatic heterocycles. The van der Waals surface area contributed by atoms with Crippen LogP contribution < -0.4 is 10.6 Å². The summed E-state index contributed by atoms with van der Waals surface area (Å²) >= 11 is 3.30. The maximum atomic E-state index is 12.1. The Labute approximate surface area is 114 Å². The number of carbonyl (C=O) groups is 1. The van der Waals surface area contributed by atoms with Gasteiger partial charge in [0.2, 0.25) is 5.91 Å². The summed E-state index contributed by atoms with van der Waals surface area (Å²) in [5.74, 6) is -0.347. The summed E-state index contributed by atoms with van der Waals surface area (Å²) in [4.78, 5) is 12.1. The highest BCUT2D eigenvalue weighted by Gasteiger charge is 2.33. The highest BCUT2D eigenvalue weighted by atomic mass is 79.9. The number of amides is 1. The fourth-order valence-corrected chi connectivity index (χ4v) is 2.29. The topological polar surface area (TPSA) is 70.6 Å². The van der Waals surface area contributed by atoms with Crippen LogP contribution in [0.1, 0.15) is 0 Å². The molecular weight excluding hydrogens is 300 g/mol. The molecule has 0 saturated carbocycles. The molecule has 1 aromatic carbocycles. The summed E-state index contributed by atoms with van der Waals surface area (Å²) in [5, 5.41) is 15.4. The molecule has 6 heteroatoms. The number of carbonyl (C=O) groups excluding carboxylic acids is 1. The van der Waals surface area contributed by atoms with E-state index in [0.717, 1.165) is 4.47 Å². The van der Waals surface area contributed by atoms with Crippen molar-refractivity contribution in [3.63, 3.8) is 0 Å². The van der Waals surface area contributed by atoms with Gasteiger partial charge < -0.3 is 20.5 Å². The maximum Gasteiger partial charge on any atom is 0.231 e. The van der Waals surface area contributed by atoms with Gasteiger partial charge in [0.1, 0.15) is 5.75 Å². The molecule has 18 heavy (non-hydrogen) atoms. The lowest BCUT2D eigenvalue weighted by Gasteiger charge is -2.17. The third-order valence-corrected chi connectivity index (χ3v) is 3.50. The minimum absolute atomic E-state index is 0.0132. The summed E-state index contributed by atoms with van der Waals surface area (Å²) in [6.45, 7) is 0.922. The van der Waals surface area contributed by atoms with E-state index in [-0.39, 0.29) is 23.6 Å². The maximum absolute atomic E-state index is 12.1. The molecule has 98 valence electrons. The molecule has 1 heterocycles. The fraction of sp³-hybridized carbons (Fsp3) is 0.417. The summed E-state index contributed by atoms with van der Waals surface area (Å²) in [6, 6.07) is 4.91. The number of ether oxygens (including phenoxy) is 1. The molecule has 0 aliphatic carbocycles. The molecule has 1 fully saturated rings. The van der Waals surface area contributed by atoms with E-state index in [2.05, 4.69) is 26.6 Å². The number of halogens is 1. The van der Waals surface area contributed by atoms with Gasteiger partial charge in [0.05, 0.1) is 24.8 Å². The molecule has 0 spiro atoms. The number of phenols is 1. The highest BCUT2D eigenvalue weighted by molar-refractivity contribution is 9.10. The van der Waals surface area contributed by atoms with Crippen molar-refractivity contribution in [1.82, 2.24) is 5.32 Å². The van der Waals surface area contributed by atoms with Gasteiger partial charge in [-0.1, -0.05) is 15.9 Å². The molecule has 0 bridgehead atoms. The molecular formula is C12H15BrN2O3. The third-order valence-electron chi connectivity index (χ3n) is 3.00. The van der Waals surface area contributed by atoms with Crippen LogP contribution in [0.2, 0.25) is 0 Å². The number of benzene rings is 1. The number of aromatic hydroxyl groups is 1. The number of nitrogens with one attached hydrogen (secondary N) is 2. The van der Waals surface area contributed by atoms with Crippen LogP contribution >= 0.6 is 15.9 Å². The van der Waals surface area contributed by atoms with E-state index < -0.39 is 0 Å². The van der Waals surface area contributed by atoms with E-state index in [1.807, 2.05) is 0 Å². The van der Waals surface area contributed by atoms with E-state index in [1.54, 1.807) is 19.2 Å². The lowest BCUT2D eigenvalue weighted by Crippen LogP contribution is -2.39. The second-order valence-corrected chi connectivity index (χ2v) is 5.11. The van der Waals surface area contributed by atoms with Gasteiger partial charge in [-0.25, -0.2) is 0 Å². The van der Waals surface area contributed by atoms with E-state index >= 15 is 0 Å². The van der Waals surface area contributed by atoms with Crippen LogP contribution in [0.5, 0.6) is 5.75 Å². The van der Waals surface area contributed by atoms with Crippen LogP contribution in [0, 0.1) is 5.92 Å². The lowest BCUT2D eigenvalue weighted by atomic mass is 10.0. The summed E-state index contributed by atoms with van der Waals surface area (Å²) in [7, 11) is 1.80. The zero-order valence-electron chi connectivity index (χ0n) is 9.94. The van der Waals surface area contributed by atoms with Gasteiger partial charge in [-0.05, 0) is 25.2 Å². The van der Waals surface area contributed by atoms with E-state index in [9.17, 15) is 9.90 Å². The van der Waals surface area contributed by atoms with Crippen molar-refractivity contribution >= 4 is 27.5 Å². The van der Waals surface area contributed by atoms with Crippen LogP contribution in [0.25, 0.3) is 0 Å². The minimum atomic E-state index is -0.242. The highest BCUT2D eigenvalue weighted by Crippen LogP contribution is 2.28. The molecule has 5 nitrogen and oxygen atoms in total. The molecule has 3 N–H and O–H groups in total. The molecule has 2 atom stereocenters. The minimum Gasteiger partial charge on any atom is -0.506 e. The van der Waals surface area contributed by atoms with Crippen LogP contribution in [-0.4, -0.2) is 37.3 Å². The molecule has 1 amide bonds. The lowest BCUT2D eigenvalue weighted by molar-refractivity contribution is -0.120. The van der Waals surface area contributed by atoms with E-state index in [1.165, 1.54) is 6.07 Å². The Balaban J connectivity index is 2.09. The molecule has 1 aromatic rings. The second kappa shape index (κ2) is 5.69. The smallest absolute Gasteiger partial charge is 0.231 e. The number of likely N-dealkylation sites (N-methyl/N-ethyl adjacent to an activating group) is 1. The van der Waals surface area contributed by atoms with Crippen LogP contribution in [0.4, 0.5) is 5.69 Å². The Morgan fingerprint density at radius 1 is 1.50 bits per heavy atom. The predicted molar refractivity (Wildman–Crippen MR) is 71.6 cm³/mol. The summed E-state index contributed by atoms with van der Waals surface area (Å²) in [6.07, 6.45) is 0. The van der Waals surface area contributed by atoms with Gasteiger partial charge in [-0.2, -0.15) is 0 Å². The largest absolute Gasteiger partial charge is 0.506 e. The third kappa shape index (κ3) is 2.82. The van der Waals surface area contributed by atoms with Crippen LogP contribution in [-0.2, 0) is 9.53 Å². The molecule has 2 unspecified atom stereocenters. The first-order chi connectivity index (χ1) is 8.61. The molecule has 0 radical (unpaired) electrons. The number of phenolic OH excluding ortho intramolecular Hbond substituents is 1. The van der Waals surface area contributed by atoms with Crippen molar-refractivity contribution in [2.75, 3.05) is 25.6 Å². The Hall–Kier alpha value is -1.11. The van der Waals surface area contributed by atoms with Gasteiger partial charge >= 0.3 is 0 Å². The first kappa shape index (κ1) is 13.3. The van der Waals surface area contributed by atoms with Crippen molar-refractivity contribution in [3.8, 4) is 5.75 Å². The van der Waals surface area contributed by atoms with Crippen LogP contribution in [0.3, 0.4) is 0 Å². The summed E-state index contributed by atoms with van der Waals surface area (Å²) in [5.41, 5.74) is 0.399. The first-order valence-electron chi connectivity index (χ1n) is 5.66. The Kier molecular flexibility index (Phi) is 4.21. The van der Waals surface area contributed by atoms with E-state index in [0.29, 0.717) is 18.9 Å². The molecule has 1 aliphatic rings. The number of rotatable bonds is 3. The van der Waals surface area contributed by atoms with Gasteiger partial charge in [0.25, 0.3) is 0 Å². The standard InChI is InChI=1S/C12H15BrN2O3/c1-14-10-6-18-5-8(10)12(17)15-9-4-7(13)2-3-11(9)16/h2-4,8,10,14,16H,5-6H2,1H3,(H,15,17). The number of hydrogen-bond donors (Lipinski definition) is 3.